The molecule has 1 saturated heterocycles. The van der Waals surface area contributed by atoms with E-state index in [0.29, 0.717) is 18.9 Å². The molecule has 1 aliphatic rings. The molecule has 2 aromatic rings. The number of nitrogens with one attached hydrogen (secondary N) is 2. The summed E-state index contributed by atoms with van der Waals surface area (Å²) in [5.41, 5.74) is 2.21. The Labute approximate surface area is 169 Å². The molecule has 0 atom stereocenters. The number of carbonyl (C=O) groups excluding carboxylic acids is 2. The van der Waals surface area contributed by atoms with Crippen molar-refractivity contribution >= 4 is 28.9 Å². The van der Waals surface area contributed by atoms with Crippen LogP contribution in [0.1, 0.15) is 0 Å². The SMILES string of the molecule is CN(CC(=O)Nc1ccc(F)cc1)CC(=O)Nc1ccccc1N1CCOCC1. The number of ether oxygens (including phenoxy) is 1. The lowest BCUT2D eigenvalue weighted by Crippen LogP contribution is -2.38. The van der Waals surface area contributed by atoms with Gasteiger partial charge in [0.1, 0.15) is 5.82 Å². The fourth-order valence-corrected chi connectivity index (χ4v) is 3.13. The highest BCUT2D eigenvalue weighted by Crippen LogP contribution is 2.26. The zero-order valence-electron chi connectivity index (χ0n) is 16.4. The lowest BCUT2D eigenvalue weighted by atomic mass is 10.2. The number of rotatable bonds is 7. The maximum absolute atomic E-state index is 12.9. The van der Waals surface area contributed by atoms with Gasteiger partial charge in [0.25, 0.3) is 0 Å². The van der Waals surface area contributed by atoms with E-state index in [4.69, 9.17) is 4.74 Å². The molecule has 0 aliphatic carbocycles. The van der Waals surface area contributed by atoms with Gasteiger partial charge in [-0.05, 0) is 43.4 Å². The Morgan fingerprint density at radius 1 is 1.00 bits per heavy atom. The molecule has 0 bridgehead atoms. The highest BCUT2D eigenvalue weighted by molar-refractivity contribution is 5.96. The lowest BCUT2D eigenvalue weighted by molar-refractivity contribution is -0.119. The van der Waals surface area contributed by atoms with E-state index in [1.807, 2.05) is 24.3 Å². The van der Waals surface area contributed by atoms with E-state index in [1.54, 1.807) is 11.9 Å². The van der Waals surface area contributed by atoms with Gasteiger partial charge >= 0.3 is 0 Å². The van der Waals surface area contributed by atoms with E-state index in [9.17, 15) is 14.0 Å². The number of para-hydroxylation sites is 2. The third-order valence-corrected chi connectivity index (χ3v) is 4.48. The van der Waals surface area contributed by atoms with E-state index < -0.39 is 0 Å². The normalized spacial score (nSPS) is 14.0. The summed E-state index contributed by atoms with van der Waals surface area (Å²) in [5.74, 6) is -0.849. The molecule has 154 valence electrons. The third kappa shape index (κ3) is 6.27. The highest BCUT2D eigenvalue weighted by atomic mass is 19.1. The number of morpholine rings is 1. The lowest BCUT2D eigenvalue weighted by Gasteiger charge is -2.30. The summed E-state index contributed by atoms with van der Waals surface area (Å²) >= 11 is 0. The fourth-order valence-electron chi connectivity index (χ4n) is 3.13. The van der Waals surface area contributed by atoms with Gasteiger partial charge in [-0.15, -0.1) is 0 Å². The highest BCUT2D eigenvalue weighted by Gasteiger charge is 2.17. The van der Waals surface area contributed by atoms with Crippen LogP contribution in [0.2, 0.25) is 0 Å². The monoisotopic (exact) mass is 400 g/mol. The van der Waals surface area contributed by atoms with Gasteiger partial charge in [0.2, 0.25) is 11.8 Å². The van der Waals surface area contributed by atoms with Crippen LogP contribution in [0.4, 0.5) is 21.5 Å². The van der Waals surface area contributed by atoms with E-state index in [-0.39, 0.29) is 30.7 Å². The first-order valence-electron chi connectivity index (χ1n) is 9.47. The zero-order valence-corrected chi connectivity index (χ0v) is 16.4. The van der Waals surface area contributed by atoms with Crippen molar-refractivity contribution in [3.05, 3.63) is 54.3 Å². The van der Waals surface area contributed by atoms with Gasteiger partial charge in [-0.3, -0.25) is 14.5 Å². The van der Waals surface area contributed by atoms with Crippen molar-refractivity contribution in [2.45, 2.75) is 0 Å². The summed E-state index contributed by atoms with van der Waals surface area (Å²) in [6.45, 7) is 2.97. The second-order valence-electron chi connectivity index (χ2n) is 6.89. The van der Waals surface area contributed by atoms with Crippen LogP contribution in [0.15, 0.2) is 48.5 Å². The van der Waals surface area contributed by atoms with E-state index >= 15 is 0 Å². The van der Waals surface area contributed by atoms with Crippen LogP contribution in [0.3, 0.4) is 0 Å². The fraction of sp³-hybridized carbons (Fsp3) is 0.333. The van der Waals surface area contributed by atoms with E-state index in [2.05, 4.69) is 15.5 Å². The molecule has 2 aromatic carbocycles. The van der Waals surface area contributed by atoms with Crippen LogP contribution in [-0.2, 0) is 14.3 Å². The summed E-state index contributed by atoms with van der Waals surface area (Å²) < 4.78 is 18.3. The molecule has 0 radical (unpaired) electrons. The predicted octanol–water partition coefficient (Wildman–Crippen LogP) is 2.17. The van der Waals surface area contributed by atoms with Crippen molar-refractivity contribution in [2.24, 2.45) is 0 Å². The minimum Gasteiger partial charge on any atom is -0.378 e. The summed E-state index contributed by atoms with van der Waals surface area (Å²) in [6, 6.07) is 13.2. The first-order valence-corrected chi connectivity index (χ1v) is 9.47. The quantitative estimate of drug-likeness (QED) is 0.745. The maximum Gasteiger partial charge on any atom is 0.238 e. The van der Waals surface area contributed by atoms with Crippen LogP contribution in [0, 0.1) is 5.82 Å². The molecule has 0 unspecified atom stereocenters. The molecule has 0 saturated carbocycles. The summed E-state index contributed by atoms with van der Waals surface area (Å²) in [6.07, 6.45) is 0. The molecular formula is C21H25FN4O3. The molecule has 0 aromatic heterocycles. The number of benzene rings is 2. The second-order valence-corrected chi connectivity index (χ2v) is 6.89. The summed E-state index contributed by atoms with van der Waals surface area (Å²) in [4.78, 5) is 28.4. The number of hydrogen-bond donors (Lipinski definition) is 2. The minimum absolute atomic E-state index is 0.0376. The standard InChI is InChI=1S/C21H25FN4O3/c1-25(14-20(27)23-17-8-6-16(22)7-9-17)15-21(28)24-18-4-2-3-5-19(18)26-10-12-29-13-11-26/h2-9H,10-15H2,1H3,(H,23,27)(H,24,28). The van der Waals surface area contributed by atoms with Crippen molar-refractivity contribution in [3.8, 4) is 0 Å². The maximum atomic E-state index is 12.9. The number of nitrogens with zero attached hydrogens (tertiary/aromatic N) is 2. The summed E-state index contributed by atoms with van der Waals surface area (Å²) in [5, 5.41) is 5.61. The molecule has 8 heteroatoms. The van der Waals surface area contributed by atoms with Gasteiger partial charge in [0.05, 0.1) is 37.7 Å². The Balaban J connectivity index is 1.51. The molecule has 3 rings (SSSR count). The molecule has 7 nitrogen and oxygen atoms in total. The van der Waals surface area contributed by atoms with Crippen molar-refractivity contribution in [1.29, 1.82) is 0 Å². The van der Waals surface area contributed by atoms with Gasteiger partial charge < -0.3 is 20.3 Å². The summed E-state index contributed by atoms with van der Waals surface area (Å²) in [7, 11) is 1.69. The Bertz CT molecular complexity index is 838. The minimum atomic E-state index is -0.367. The smallest absolute Gasteiger partial charge is 0.238 e. The second kappa shape index (κ2) is 9.99. The number of hydrogen-bond acceptors (Lipinski definition) is 5. The van der Waals surface area contributed by atoms with Crippen molar-refractivity contribution < 1.29 is 18.7 Å². The number of carbonyl (C=O) groups is 2. The Morgan fingerprint density at radius 2 is 1.62 bits per heavy atom. The van der Waals surface area contributed by atoms with E-state index in [0.717, 1.165) is 24.5 Å². The largest absolute Gasteiger partial charge is 0.378 e. The van der Waals surface area contributed by atoms with E-state index in [1.165, 1.54) is 24.3 Å². The molecular weight excluding hydrogens is 375 g/mol. The van der Waals surface area contributed by atoms with Crippen LogP contribution in [0.5, 0.6) is 0 Å². The number of anilines is 3. The average molecular weight is 400 g/mol. The molecule has 2 amide bonds. The first-order chi connectivity index (χ1) is 14.0. The van der Waals surface area contributed by atoms with Gasteiger partial charge in [-0.1, -0.05) is 12.1 Å². The molecule has 1 aliphatic heterocycles. The average Bonchev–Trinajstić information content (AvgIpc) is 2.70. The van der Waals surface area contributed by atoms with Crippen LogP contribution < -0.4 is 15.5 Å². The molecule has 1 heterocycles. The van der Waals surface area contributed by atoms with Gasteiger partial charge in [0.15, 0.2) is 0 Å². The predicted molar refractivity (Wildman–Crippen MR) is 111 cm³/mol. The number of likely N-dealkylation sites (N-methyl/N-ethyl adjacent to an activating group) is 1. The Kier molecular flexibility index (Phi) is 7.15. The van der Waals surface area contributed by atoms with Gasteiger partial charge in [0, 0.05) is 18.8 Å². The molecule has 1 fully saturated rings. The zero-order chi connectivity index (χ0) is 20.6. The molecule has 0 spiro atoms. The van der Waals surface area contributed by atoms with Crippen LogP contribution in [-0.4, -0.2) is 63.2 Å². The van der Waals surface area contributed by atoms with Gasteiger partial charge in [-0.25, -0.2) is 4.39 Å². The molecule has 2 N–H and O–H groups in total. The number of halogens is 1. The molecule has 29 heavy (non-hydrogen) atoms. The Morgan fingerprint density at radius 3 is 2.31 bits per heavy atom. The van der Waals surface area contributed by atoms with Crippen molar-refractivity contribution in [1.82, 2.24) is 4.90 Å². The Hall–Kier alpha value is -2.97. The van der Waals surface area contributed by atoms with Crippen molar-refractivity contribution in [2.75, 3.05) is 62.0 Å². The van der Waals surface area contributed by atoms with Crippen LogP contribution >= 0.6 is 0 Å². The third-order valence-electron chi connectivity index (χ3n) is 4.48. The first kappa shape index (κ1) is 20.8. The van der Waals surface area contributed by atoms with Crippen LogP contribution in [0.25, 0.3) is 0 Å². The number of amides is 2. The van der Waals surface area contributed by atoms with Crippen molar-refractivity contribution in [3.63, 3.8) is 0 Å². The van der Waals surface area contributed by atoms with Gasteiger partial charge in [-0.2, -0.15) is 0 Å². The topological polar surface area (TPSA) is 73.9 Å².